The van der Waals surface area contributed by atoms with Crippen LogP contribution in [0.2, 0.25) is 0 Å². The van der Waals surface area contributed by atoms with Gasteiger partial charge in [-0.25, -0.2) is 18.7 Å². The van der Waals surface area contributed by atoms with E-state index >= 15 is 0 Å². The molecule has 0 spiro atoms. The molecule has 0 unspecified atom stereocenters. The van der Waals surface area contributed by atoms with Crippen molar-refractivity contribution in [2.24, 2.45) is 0 Å². The minimum Gasteiger partial charge on any atom is -0.408 e. The third kappa shape index (κ3) is 4.72. The lowest BCUT2D eigenvalue weighted by atomic mass is 10.0. The number of halogens is 1. The van der Waals surface area contributed by atoms with Crippen molar-refractivity contribution in [3.63, 3.8) is 0 Å². The molecule has 0 atom stereocenters. The summed E-state index contributed by atoms with van der Waals surface area (Å²) in [6.45, 7) is 1.53. The SMILES string of the molecule is CC(=O)c1ccccc1CNC(=O)c1cc(C(=O)NCc2ccc3oc(=O)[nH]c3c2)nc2c(F)cnn12. The van der Waals surface area contributed by atoms with Gasteiger partial charge in [0.1, 0.15) is 11.4 Å². The summed E-state index contributed by atoms with van der Waals surface area (Å²) in [6.07, 6.45) is 0.896. The van der Waals surface area contributed by atoms with Crippen LogP contribution in [-0.4, -0.2) is 37.2 Å². The Morgan fingerprint density at radius 1 is 1.05 bits per heavy atom. The van der Waals surface area contributed by atoms with Crippen molar-refractivity contribution in [1.82, 2.24) is 30.2 Å². The maximum Gasteiger partial charge on any atom is 0.417 e. The number of carbonyl (C=O) groups is 3. The quantitative estimate of drug-likeness (QED) is 0.289. The lowest BCUT2D eigenvalue weighted by Crippen LogP contribution is -2.29. The van der Waals surface area contributed by atoms with E-state index in [0.717, 1.165) is 10.7 Å². The number of hydrogen-bond acceptors (Lipinski definition) is 7. The van der Waals surface area contributed by atoms with Crippen LogP contribution in [0.15, 0.2) is 63.9 Å². The molecule has 5 rings (SSSR count). The van der Waals surface area contributed by atoms with Gasteiger partial charge in [0, 0.05) is 24.7 Å². The topological polar surface area (TPSA) is 151 Å². The fourth-order valence-corrected chi connectivity index (χ4v) is 3.88. The zero-order valence-corrected chi connectivity index (χ0v) is 19.4. The minimum absolute atomic E-state index is 0.0300. The summed E-state index contributed by atoms with van der Waals surface area (Å²) in [4.78, 5) is 55.7. The van der Waals surface area contributed by atoms with Crippen LogP contribution < -0.4 is 16.4 Å². The highest BCUT2D eigenvalue weighted by Gasteiger charge is 2.20. The minimum atomic E-state index is -0.806. The van der Waals surface area contributed by atoms with Gasteiger partial charge in [-0.05, 0) is 30.2 Å². The van der Waals surface area contributed by atoms with Crippen molar-refractivity contribution < 1.29 is 23.2 Å². The molecule has 5 aromatic rings. The largest absolute Gasteiger partial charge is 0.417 e. The smallest absolute Gasteiger partial charge is 0.408 e. The number of aromatic amines is 1. The number of ketones is 1. The second kappa shape index (κ2) is 9.49. The Balaban J connectivity index is 1.38. The molecule has 186 valence electrons. The summed E-state index contributed by atoms with van der Waals surface area (Å²) in [6, 6.07) is 12.9. The normalized spacial score (nSPS) is 11.1. The van der Waals surface area contributed by atoms with E-state index in [0.29, 0.717) is 27.8 Å². The van der Waals surface area contributed by atoms with Gasteiger partial charge in [0.05, 0.1) is 11.7 Å². The van der Waals surface area contributed by atoms with E-state index in [-0.39, 0.29) is 35.9 Å². The van der Waals surface area contributed by atoms with Crippen molar-refractivity contribution in [3.05, 3.63) is 99.2 Å². The van der Waals surface area contributed by atoms with Gasteiger partial charge in [-0.3, -0.25) is 19.4 Å². The Morgan fingerprint density at radius 2 is 1.84 bits per heavy atom. The van der Waals surface area contributed by atoms with Crippen LogP contribution in [0, 0.1) is 5.82 Å². The van der Waals surface area contributed by atoms with Gasteiger partial charge in [-0.15, -0.1) is 0 Å². The van der Waals surface area contributed by atoms with Gasteiger partial charge in [0.2, 0.25) is 0 Å². The zero-order valence-electron chi connectivity index (χ0n) is 19.4. The first-order valence-electron chi connectivity index (χ1n) is 11.1. The summed E-state index contributed by atoms with van der Waals surface area (Å²) in [5.41, 5.74) is 1.99. The molecule has 0 aliphatic heterocycles. The number of fused-ring (bicyclic) bond motifs is 2. The average Bonchev–Trinajstić information content (AvgIpc) is 3.46. The molecular formula is C25H19FN6O5. The van der Waals surface area contributed by atoms with E-state index in [1.807, 2.05) is 0 Å². The number of aromatic nitrogens is 4. The Hall–Kier alpha value is -5.13. The van der Waals surface area contributed by atoms with Crippen LogP contribution in [0.25, 0.3) is 16.7 Å². The fraction of sp³-hybridized carbons (Fsp3) is 0.120. The van der Waals surface area contributed by atoms with Gasteiger partial charge < -0.3 is 15.1 Å². The van der Waals surface area contributed by atoms with Crippen LogP contribution in [0.3, 0.4) is 0 Å². The number of hydrogen-bond donors (Lipinski definition) is 3. The molecule has 2 amide bonds. The maximum atomic E-state index is 14.3. The maximum absolute atomic E-state index is 14.3. The lowest BCUT2D eigenvalue weighted by Gasteiger charge is -2.11. The second-order valence-electron chi connectivity index (χ2n) is 8.18. The van der Waals surface area contributed by atoms with Crippen molar-refractivity contribution in [1.29, 1.82) is 0 Å². The summed E-state index contributed by atoms with van der Waals surface area (Å²) >= 11 is 0. The van der Waals surface area contributed by atoms with Gasteiger partial charge in [-0.2, -0.15) is 5.10 Å². The molecule has 0 radical (unpaired) electrons. The predicted octanol–water partition coefficient (Wildman–Crippen LogP) is 2.37. The van der Waals surface area contributed by atoms with Crippen LogP contribution in [0.5, 0.6) is 0 Å². The van der Waals surface area contributed by atoms with Crippen LogP contribution in [0.1, 0.15) is 49.4 Å². The van der Waals surface area contributed by atoms with Crippen molar-refractivity contribution in [2.45, 2.75) is 20.0 Å². The third-order valence-electron chi connectivity index (χ3n) is 5.67. The van der Waals surface area contributed by atoms with Crippen LogP contribution in [0.4, 0.5) is 4.39 Å². The lowest BCUT2D eigenvalue weighted by molar-refractivity contribution is 0.0938. The van der Waals surface area contributed by atoms with E-state index in [2.05, 4.69) is 25.7 Å². The molecule has 11 nitrogen and oxygen atoms in total. The summed E-state index contributed by atoms with van der Waals surface area (Å²) in [5, 5.41) is 9.20. The van der Waals surface area contributed by atoms with Gasteiger partial charge in [-0.1, -0.05) is 30.3 Å². The molecule has 0 aliphatic rings. The molecule has 3 aromatic heterocycles. The molecule has 2 aromatic carbocycles. The van der Waals surface area contributed by atoms with E-state index in [9.17, 15) is 23.6 Å². The highest BCUT2D eigenvalue weighted by molar-refractivity contribution is 5.99. The molecule has 0 saturated carbocycles. The number of benzene rings is 2. The number of rotatable bonds is 7. The van der Waals surface area contributed by atoms with Crippen LogP contribution >= 0.6 is 0 Å². The second-order valence-corrected chi connectivity index (χ2v) is 8.18. The molecule has 0 aliphatic carbocycles. The number of nitrogens with one attached hydrogen (secondary N) is 3. The molecule has 3 N–H and O–H groups in total. The number of Topliss-reactive ketones (excluding diaryl/α,β-unsaturated/α-hetero) is 1. The molecule has 0 fully saturated rings. The summed E-state index contributed by atoms with van der Waals surface area (Å²) in [7, 11) is 0. The van der Waals surface area contributed by atoms with Crippen molar-refractivity contribution in [2.75, 3.05) is 0 Å². The molecule has 0 bridgehead atoms. The van der Waals surface area contributed by atoms with Gasteiger partial charge >= 0.3 is 5.76 Å². The molecule has 3 heterocycles. The van der Waals surface area contributed by atoms with Crippen molar-refractivity contribution >= 4 is 34.3 Å². The van der Waals surface area contributed by atoms with E-state index in [1.165, 1.54) is 13.0 Å². The average molecular weight is 502 g/mol. The predicted molar refractivity (Wildman–Crippen MR) is 129 cm³/mol. The molecule has 0 saturated heterocycles. The fourth-order valence-electron chi connectivity index (χ4n) is 3.88. The summed E-state index contributed by atoms with van der Waals surface area (Å²) < 4.78 is 20.3. The number of amides is 2. The van der Waals surface area contributed by atoms with E-state index in [4.69, 9.17) is 4.42 Å². The van der Waals surface area contributed by atoms with Gasteiger partial charge in [0.25, 0.3) is 11.8 Å². The standard InChI is InChI=1S/C25H19FN6O5/c1-13(33)16-5-3-2-4-15(16)11-28-24(35)20-9-19(30-22-17(26)12-29-32(20)22)23(34)27-10-14-6-7-21-18(8-14)31-25(36)37-21/h2-9,12H,10-11H2,1H3,(H,27,34)(H,28,35)(H,31,36). The highest BCUT2D eigenvalue weighted by Crippen LogP contribution is 2.15. The van der Waals surface area contributed by atoms with Crippen molar-refractivity contribution in [3.8, 4) is 0 Å². The first-order valence-corrected chi connectivity index (χ1v) is 11.1. The Morgan fingerprint density at radius 3 is 2.65 bits per heavy atom. The first-order chi connectivity index (χ1) is 17.8. The molecule has 12 heteroatoms. The molecular weight excluding hydrogens is 483 g/mol. The highest BCUT2D eigenvalue weighted by atomic mass is 19.1. The summed E-state index contributed by atoms with van der Waals surface area (Å²) in [5.74, 6) is -2.84. The Labute approximate surface area is 207 Å². The van der Waals surface area contributed by atoms with Crippen LogP contribution in [-0.2, 0) is 13.1 Å². The molecule has 37 heavy (non-hydrogen) atoms. The zero-order chi connectivity index (χ0) is 26.1. The third-order valence-corrected chi connectivity index (χ3v) is 5.67. The number of nitrogens with zero attached hydrogens (tertiary/aromatic N) is 3. The Bertz CT molecular complexity index is 1750. The Kier molecular flexibility index (Phi) is 6.05. The van der Waals surface area contributed by atoms with E-state index in [1.54, 1.807) is 42.5 Å². The first kappa shape index (κ1) is 23.6. The number of oxazole rings is 1. The number of carbonyl (C=O) groups excluding carboxylic acids is 3. The monoisotopic (exact) mass is 502 g/mol. The van der Waals surface area contributed by atoms with Gasteiger partial charge in [0.15, 0.2) is 22.8 Å². The van der Waals surface area contributed by atoms with E-state index < -0.39 is 23.4 Å². The number of H-pyrrole nitrogens is 1.